The molecule has 0 amide bonds. The lowest BCUT2D eigenvalue weighted by molar-refractivity contribution is 0.403. The van der Waals surface area contributed by atoms with Crippen LogP contribution in [0.2, 0.25) is 0 Å². The van der Waals surface area contributed by atoms with Gasteiger partial charge in [0.1, 0.15) is 0 Å². The summed E-state index contributed by atoms with van der Waals surface area (Å²) in [5.41, 5.74) is 0.919. The molecular formula is C13H20N2O2S. The third-order valence-electron chi connectivity index (χ3n) is 3.15. The average molecular weight is 268 g/mol. The van der Waals surface area contributed by atoms with Crippen LogP contribution < -0.4 is 5.32 Å². The maximum absolute atomic E-state index is 12.5. The lowest BCUT2D eigenvalue weighted by Crippen LogP contribution is -2.33. The SMILES string of the molecule is CCCN(C1CC1)S(=O)(=O)c1ccc(NC)cc1. The zero-order valence-corrected chi connectivity index (χ0v) is 11.7. The number of rotatable bonds is 6. The van der Waals surface area contributed by atoms with Crippen LogP contribution in [-0.2, 0) is 10.0 Å². The smallest absolute Gasteiger partial charge is 0.243 e. The van der Waals surface area contributed by atoms with Gasteiger partial charge in [-0.3, -0.25) is 0 Å². The van der Waals surface area contributed by atoms with E-state index in [1.165, 1.54) is 0 Å². The first-order valence-corrected chi connectivity index (χ1v) is 7.83. The van der Waals surface area contributed by atoms with E-state index in [1.54, 1.807) is 28.6 Å². The minimum atomic E-state index is -3.32. The quantitative estimate of drug-likeness (QED) is 0.861. The fourth-order valence-corrected chi connectivity index (χ4v) is 3.79. The Morgan fingerprint density at radius 1 is 1.28 bits per heavy atom. The molecule has 2 rings (SSSR count). The van der Waals surface area contributed by atoms with E-state index >= 15 is 0 Å². The van der Waals surface area contributed by atoms with Crippen LogP contribution in [0.25, 0.3) is 0 Å². The molecule has 0 aromatic heterocycles. The van der Waals surface area contributed by atoms with Crippen molar-refractivity contribution in [3.63, 3.8) is 0 Å². The van der Waals surface area contributed by atoms with Crippen molar-refractivity contribution < 1.29 is 8.42 Å². The molecule has 1 N–H and O–H groups in total. The van der Waals surface area contributed by atoms with Crippen molar-refractivity contribution in [2.24, 2.45) is 0 Å². The molecule has 1 aromatic rings. The maximum atomic E-state index is 12.5. The zero-order valence-electron chi connectivity index (χ0n) is 10.9. The predicted molar refractivity (Wildman–Crippen MR) is 73.2 cm³/mol. The van der Waals surface area contributed by atoms with Crippen molar-refractivity contribution in [3.05, 3.63) is 24.3 Å². The molecule has 1 fully saturated rings. The van der Waals surface area contributed by atoms with E-state index in [2.05, 4.69) is 5.32 Å². The summed E-state index contributed by atoms with van der Waals surface area (Å²) in [7, 11) is -1.50. The molecule has 0 atom stereocenters. The van der Waals surface area contributed by atoms with Gasteiger partial charge in [0.15, 0.2) is 0 Å². The number of sulfonamides is 1. The van der Waals surface area contributed by atoms with E-state index in [0.29, 0.717) is 11.4 Å². The van der Waals surface area contributed by atoms with E-state index in [1.807, 2.05) is 14.0 Å². The number of nitrogens with zero attached hydrogens (tertiary/aromatic N) is 1. The third-order valence-corrected chi connectivity index (χ3v) is 5.11. The first kappa shape index (κ1) is 13.4. The van der Waals surface area contributed by atoms with Crippen LogP contribution in [0, 0.1) is 0 Å². The molecule has 0 aliphatic heterocycles. The van der Waals surface area contributed by atoms with Gasteiger partial charge in [-0.05, 0) is 43.5 Å². The van der Waals surface area contributed by atoms with Crippen LogP contribution >= 0.6 is 0 Å². The van der Waals surface area contributed by atoms with E-state index in [9.17, 15) is 8.42 Å². The summed E-state index contributed by atoms with van der Waals surface area (Å²) in [5.74, 6) is 0. The Balaban J connectivity index is 2.27. The minimum Gasteiger partial charge on any atom is -0.388 e. The monoisotopic (exact) mass is 268 g/mol. The molecule has 1 aliphatic carbocycles. The van der Waals surface area contributed by atoms with Gasteiger partial charge in [0.05, 0.1) is 4.90 Å². The topological polar surface area (TPSA) is 49.4 Å². The standard InChI is InChI=1S/C13H20N2O2S/c1-3-10-15(12-6-7-12)18(16,17)13-8-4-11(14-2)5-9-13/h4-5,8-9,12,14H,3,6-7,10H2,1-2H3. The molecule has 18 heavy (non-hydrogen) atoms. The Morgan fingerprint density at radius 2 is 1.89 bits per heavy atom. The van der Waals surface area contributed by atoms with Gasteiger partial charge >= 0.3 is 0 Å². The Kier molecular flexibility index (Phi) is 3.92. The Labute approximate surface area is 109 Å². The lowest BCUT2D eigenvalue weighted by atomic mass is 10.3. The normalized spacial score (nSPS) is 15.9. The first-order chi connectivity index (χ1) is 8.59. The highest BCUT2D eigenvalue weighted by Crippen LogP contribution is 2.32. The number of anilines is 1. The molecule has 0 radical (unpaired) electrons. The number of benzene rings is 1. The molecule has 1 saturated carbocycles. The summed E-state index contributed by atoms with van der Waals surface area (Å²) >= 11 is 0. The van der Waals surface area contributed by atoms with Crippen molar-refractivity contribution >= 4 is 15.7 Å². The minimum absolute atomic E-state index is 0.221. The molecule has 100 valence electrons. The van der Waals surface area contributed by atoms with Crippen molar-refractivity contribution in [1.29, 1.82) is 0 Å². The highest BCUT2D eigenvalue weighted by atomic mass is 32.2. The summed E-state index contributed by atoms with van der Waals surface area (Å²) in [6, 6.07) is 7.16. The third kappa shape index (κ3) is 2.67. The molecular weight excluding hydrogens is 248 g/mol. The van der Waals surface area contributed by atoms with Gasteiger partial charge in [0, 0.05) is 25.3 Å². The van der Waals surface area contributed by atoms with Gasteiger partial charge in [-0.1, -0.05) is 6.92 Å². The van der Waals surface area contributed by atoms with Crippen LogP contribution in [-0.4, -0.2) is 32.4 Å². The first-order valence-electron chi connectivity index (χ1n) is 6.39. The van der Waals surface area contributed by atoms with E-state index < -0.39 is 10.0 Å². The molecule has 5 heteroatoms. The van der Waals surface area contributed by atoms with Crippen LogP contribution in [0.4, 0.5) is 5.69 Å². The second-order valence-corrected chi connectivity index (χ2v) is 6.51. The van der Waals surface area contributed by atoms with Gasteiger partial charge in [-0.15, -0.1) is 0 Å². The van der Waals surface area contributed by atoms with Crippen molar-refractivity contribution in [1.82, 2.24) is 4.31 Å². The highest BCUT2D eigenvalue weighted by molar-refractivity contribution is 7.89. The van der Waals surface area contributed by atoms with Gasteiger partial charge in [0.25, 0.3) is 0 Å². The van der Waals surface area contributed by atoms with Crippen molar-refractivity contribution in [2.75, 3.05) is 18.9 Å². The van der Waals surface area contributed by atoms with Crippen LogP contribution in [0.15, 0.2) is 29.2 Å². The Bertz CT molecular complexity index is 492. The van der Waals surface area contributed by atoms with Gasteiger partial charge < -0.3 is 5.32 Å². The summed E-state index contributed by atoms with van der Waals surface area (Å²) < 4.78 is 26.7. The van der Waals surface area contributed by atoms with E-state index in [-0.39, 0.29) is 6.04 Å². The summed E-state index contributed by atoms with van der Waals surface area (Å²) in [6.45, 7) is 2.62. The molecule has 0 unspecified atom stereocenters. The predicted octanol–water partition coefficient (Wildman–Crippen LogP) is 2.29. The lowest BCUT2D eigenvalue weighted by Gasteiger charge is -2.21. The number of nitrogens with one attached hydrogen (secondary N) is 1. The fraction of sp³-hybridized carbons (Fsp3) is 0.538. The molecule has 0 heterocycles. The van der Waals surface area contributed by atoms with Gasteiger partial charge in [-0.25, -0.2) is 8.42 Å². The summed E-state index contributed by atoms with van der Waals surface area (Å²) in [4.78, 5) is 0.391. The van der Waals surface area contributed by atoms with E-state index in [4.69, 9.17) is 0 Å². The Hall–Kier alpha value is -1.07. The largest absolute Gasteiger partial charge is 0.388 e. The van der Waals surface area contributed by atoms with E-state index in [0.717, 1.165) is 24.9 Å². The fourth-order valence-electron chi connectivity index (χ4n) is 2.01. The molecule has 1 aromatic carbocycles. The zero-order chi connectivity index (χ0) is 13.2. The second-order valence-electron chi connectivity index (χ2n) is 4.62. The highest BCUT2D eigenvalue weighted by Gasteiger charge is 2.37. The van der Waals surface area contributed by atoms with Crippen LogP contribution in [0.1, 0.15) is 26.2 Å². The molecule has 0 spiro atoms. The molecule has 0 bridgehead atoms. The van der Waals surface area contributed by atoms with Gasteiger partial charge in [0.2, 0.25) is 10.0 Å². The number of hydrogen-bond donors (Lipinski definition) is 1. The van der Waals surface area contributed by atoms with Crippen molar-refractivity contribution in [2.45, 2.75) is 37.1 Å². The summed E-state index contributed by atoms with van der Waals surface area (Å²) in [6.07, 6.45) is 2.84. The molecule has 0 saturated heterocycles. The molecule has 1 aliphatic rings. The second kappa shape index (κ2) is 5.28. The summed E-state index contributed by atoms with van der Waals surface area (Å²) in [5, 5.41) is 2.99. The molecule has 4 nitrogen and oxygen atoms in total. The average Bonchev–Trinajstić information content (AvgIpc) is 3.20. The Morgan fingerprint density at radius 3 is 2.33 bits per heavy atom. The number of hydrogen-bond acceptors (Lipinski definition) is 3. The van der Waals surface area contributed by atoms with Crippen molar-refractivity contribution in [3.8, 4) is 0 Å². The van der Waals surface area contributed by atoms with Gasteiger partial charge in [-0.2, -0.15) is 4.31 Å². The maximum Gasteiger partial charge on any atom is 0.243 e. The van der Waals surface area contributed by atoms with Crippen LogP contribution in [0.3, 0.4) is 0 Å². The van der Waals surface area contributed by atoms with Crippen LogP contribution in [0.5, 0.6) is 0 Å².